The fourth-order valence-electron chi connectivity index (χ4n) is 3.99. The zero-order valence-electron chi connectivity index (χ0n) is 14.6. The summed E-state index contributed by atoms with van der Waals surface area (Å²) in [6, 6.07) is 4.37. The molecule has 2 fully saturated rings. The number of H-pyrrole nitrogens is 1. The van der Waals surface area contributed by atoms with Gasteiger partial charge >= 0.3 is 0 Å². The van der Waals surface area contributed by atoms with Gasteiger partial charge in [-0.3, -0.25) is 4.90 Å². The molecule has 2 aliphatic rings. The van der Waals surface area contributed by atoms with Gasteiger partial charge in [0.2, 0.25) is 0 Å². The highest BCUT2D eigenvalue weighted by molar-refractivity contribution is 5.40. The Hall–Kier alpha value is -1.92. The zero-order valence-corrected chi connectivity index (χ0v) is 14.6. The van der Waals surface area contributed by atoms with E-state index in [-0.39, 0.29) is 5.92 Å². The Morgan fingerprint density at radius 2 is 1.92 bits per heavy atom. The minimum Gasteiger partial charge on any atom is -0.385 e. The van der Waals surface area contributed by atoms with Crippen molar-refractivity contribution in [3.8, 4) is 0 Å². The topological polar surface area (TPSA) is 68.3 Å². The number of anilines is 1. The van der Waals surface area contributed by atoms with Gasteiger partial charge < -0.3 is 15.0 Å². The SMILES string of the molecule is OC(c1ncc[nH]1)C1CCN(Cc2ccc(N3CCCC3)nc2)CC1. The maximum Gasteiger partial charge on any atom is 0.135 e. The van der Waals surface area contributed by atoms with Gasteiger partial charge in [-0.25, -0.2) is 9.97 Å². The largest absolute Gasteiger partial charge is 0.385 e. The third kappa shape index (κ3) is 3.85. The zero-order chi connectivity index (χ0) is 17.1. The number of aliphatic hydroxyl groups excluding tert-OH is 1. The Morgan fingerprint density at radius 3 is 2.56 bits per heavy atom. The summed E-state index contributed by atoms with van der Waals surface area (Å²) in [5.41, 5.74) is 1.27. The molecule has 0 saturated carbocycles. The van der Waals surface area contributed by atoms with Crippen LogP contribution in [0.5, 0.6) is 0 Å². The number of hydrogen-bond donors (Lipinski definition) is 2. The molecule has 25 heavy (non-hydrogen) atoms. The molecule has 2 aromatic heterocycles. The summed E-state index contributed by atoms with van der Waals surface area (Å²) in [5.74, 6) is 2.10. The van der Waals surface area contributed by atoms with E-state index in [0.29, 0.717) is 5.82 Å². The minimum absolute atomic E-state index is 0.290. The van der Waals surface area contributed by atoms with Gasteiger partial charge in [-0.05, 0) is 56.3 Å². The number of aromatic amines is 1. The fraction of sp³-hybridized carbons (Fsp3) is 0.579. The van der Waals surface area contributed by atoms with Gasteiger partial charge in [-0.1, -0.05) is 6.07 Å². The molecule has 2 N–H and O–H groups in total. The number of nitrogens with one attached hydrogen (secondary N) is 1. The van der Waals surface area contributed by atoms with Crippen LogP contribution in [0.15, 0.2) is 30.7 Å². The first kappa shape index (κ1) is 16.5. The Balaban J connectivity index is 1.28. The second-order valence-corrected chi connectivity index (χ2v) is 7.25. The second-order valence-electron chi connectivity index (χ2n) is 7.25. The number of likely N-dealkylation sites (tertiary alicyclic amines) is 1. The van der Waals surface area contributed by atoms with Crippen molar-refractivity contribution >= 4 is 5.82 Å². The summed E-state index contributed by atoms with van der Waals surface area (Å²) in [6.07, 6.45) is 9.59. The molecule has 2 aliphatic heterocycles. The van der Waals surface area contributed by atoms with E-state index >= 15 is 0 Å². The standard InChI is InChI=1S/C19H27N5O/c25-18(19-20-7-8-21-19)16-5-11-23(12-6-16)14-15-3-4-17(22-13-15)24-9-1-2-10-24/h3-4,7-8,13,16,18,25H,1-2,5-6,9-12,14H2,(H,20,21). The second kappa shape index (κ2) is 7.54. The summed E-state index contributed by atoms with van der Waals surface area (Å²) in [7, 11) is 0. The molecular weight excluding hydrogens is 314 g/mol. The fourth-order valence-corrected chi connectivity index (χ4v) is 3.99. The number of imidazole rings is 1. The van der Waals surface area contributed by atoms with Crippen molar-refractivity contribution in [1.82, 2.24) is 19.9 Å². The van der Waals surface area contributed by atoms with E-state index in [1.54, 1.807) is 12.4 Å². The molecule has 2 aromatic rings. The Labute approximate surface area is 148 Å². The van der Waals surface area contributed by atoms with Crippen molar-refractivity contribution in [2.75, 3.05) is 31.1 Å². The van der Waals surface area contributed by atoms with Crippen molar-refractivity contribution in [3.63, 3.8) is 0 Å². The molecule has 0 bridgehead atoms. The van der Waals surface area contributed by atoms with E-state index in [0.717, 1.165) is 51.4 Å². The first-order valence-corrected chi connectivity index (χ1v) is 9.39. The smallest absolute Gasteiger partial charge is 0.135 e. The third-order valence-electron chi connectivity index (χ3n) is 5.52. The first-order valence-electron chi connectivity index (χ1n) is 9.39. The van der Waals surface area contributed by atoms with Crippen LogP contribution in [0.1, 0.15) is 43.2 Å². The molecule has 1 unspecified atom stereocenters. The van der Waals surface area contributed by atoms with Gasteiger partial charge in [-0.2, -0.15) is 0 Å². The Bertz CT molecular complexity index is 643. The highest BCUT2D eigenvalue weighted by atomic mass is 16.3. The summed E-state index contributed by atoms with van der Waals surface area (Å²) >= 11 is 0. The number of hydrogen-bond acceptors (Lipinski definition) is 5. The molecule has 4 rings (SSSR count). The normalized spacial score (nSPS) is 20.9. The minimum atomic E-state index is -0.474. The van der Waals surface area contributed by atoms with Crippen molar-refractivity contribution in [1.29, 1.82) is 0 Å². The van der Waals surface area contributed by atoms with E-state index in [4.69, 9.17) is 0 Å². The van der Waals surface area contributed by atoms with Gasteiger partial charge in [0, 0.05) is 38.2 Å². The number of nitrogens with zero attached hydrogens (tertiary/aromatic N) is 4. The Morgan fingerprint density at radius 1 is 1.12 bits per heavy atom. The van der Waals surface area contributed by atoms with Crippen molar-refractivity contribution in [3.05, 3.63) is 42.1 Å². The quantitative estimate of drug-likeness (QED) is 0.874. The highest BCUT2D eigenvalue weighted by Crippen LogP contribution is 2.29. The lowest BCUT2D eigenvalue weighted by Crippen LogP contribution is -2.35. The van der Waals surface area contributed by atoms with Crippen LogP contribution in [-0.4, -0.2) is 51.1 Å². The summed E-state index contributed by atoms with van der Waals surface area (Å²) in [6.45, 7) is 5.24. The third-order valence-corrected chi connectivity index (χ3v) is 5.52. The Kier molecular flexibility index (Phi) is 4.99. The molecule has 4 heterocycles. The van der Waals surface area contributed by atoms with Crippen molar-refractivity contribution < 1.29 is 5.11 Å². The molecule has 0 amide bonds. The number of aliphatic hydroxyl groups is 1. The summed E-state index contributed by atoms with van der Waals surface area (Å²) in [5, 5.41) is 10.4. The average molecular weight is 341 g/mol. The maximum atomic E-state index is 10.4. The molecule has 0 aliphatic carbocycles. The van der Waals surface area contributed by atoms with Gasteiger partial charge in [0.25, 0.3) is 0 Å². The summed E-state index contributed by atoms with van der Waals surface area (Å²) < 4.78 is 0. The van der Waals surface area contributed by atoms with Crippen LogP contribution in [0.3, 0.4) is 0 Å². The highest BCUT2D eigenvalue weighted by Gasteiger charge is 2.27. The van der Waals surface area contributed by atoms with Crippen LogP contribution >= 0.6 is 0 Å². The molecule has 0 radical (unpaired) electrons. The van der Waals surface area contributed by atoms with E-state index in [1.807, 2.05) is 6.20 Å². The van der Waals surface area contributed by atoms with Crippen LogP contribution < -0.4 is 4.90 Å². The average Bonchev–Trinajstić information content (AvgIpc) is 3.36. The predicted octanol–water partition coefficient (Wildman–Crippen LogP) is 2.35. The van der Waals surface area contributed by atoms with Crippen LogP contribution in [0.25, 0.3) is 0 Å². The van der Waals surface area contributed by atoms with E-state index in [2.05, 4.69) is 36.9 Å². The first-order chi connectivity index (χ1) is 12.3. The van der Waals surface area contributed by atoms with Crippen LogP contribution in [0.2, 0.25) is 0 Å². The van der Waals surface area contributed by atoms with Crippen LogP contribution in [-0.2, 0) is 6.54 Å². The van der Waals surface area contributed by atoms with E-state index in [1.165, 1.54) is 18.4 Å². The van der Waals surface area contributed by atoms with Gasteiger partial charge in [-0.15, -0.1) is 0 Å². The lowest BCUT2D eigenvalue weighted by Gasteiger charge is -2.33. The number of pyridine rings is 1. The summed E-state index contributed by atoms with van der Waals surface area (Å²) in [4.78, 5) is 16.7. The predicted molar refractivity (Wildman–Crippen MR) is 97.2 cm³/mol. The van der Waals surface area contributed by atoms with Crippen molar-refractivity contribution in [2.24, 2.45) is 5.92 Å². The van der Waals surface area contributed by atoms with Gasteiger partial charge in [0.1, 0.15) is 17.7 Å². The lowest BCUT2D eigenvalue weighted by atomic mass is 9.90. The van der Waals surface area contributed by atoms with Crippen molar-refractivity contribution in [2.45, 2.75) is 38.3 Å². The molecule has 6 heteroatoms. The lowest BCUT2D eigenvalue weighted by molar-refractivity contribution is 0.0515. The number of aromatic nitrogens is 3. The monoisotopic (exact) mass is 341 g/mol. The van der Waals surface area contributed by atoms with Gasteiger partial charge in [0.15, 0.2) is 0 Å². The molecule has 0 aromatic carbocycles. The molecule has 134 valence electrons. The van der Waals surface area contributed by atoms with E-state index < -0.39 is 6.10 Å². The maximum absolute atomic E-state index is 10.4. The van der Waals surface area contributed by atoms with Crippen LogP contribution in [0.4, 0.5) is 5.82 Å². The number of piperidine rings is 1. The van der Waals surface area contributed by atoms with Crippen LogP contribution in [0, 0.1) is 5.92 Å². The molecule has 2 saturated heterocycles. The van der Waals surface area contributed by atoms with Gasteiger partial charge in [0.05, 0.1) is 0 Å². The molecular formula is C19H27N5O. The molecule has 1 atom stereocenters. The van der Waals surface area contributed by atoms with E-state index in [9.17, 15) is 5.11 Å². The number of rotatable bonds is 5. The molecule has 0 spiro atoms. The molecule has 6 nitrogen and oxygen atoms in total.